The molecule has 0 saturated heterocycles. The third kappa shape index (κ3) is 2.50. The average Bonchev–Trinajstić information content (AvgIpc) is 2.51. The second-order valence-electron chi connectivity index (χ2n) is 4.65. The lowest BCUT2D eigenvalue weighted by molar-refractivity contribution is -0.139. The van der Waals surface area contributed by atoms with E-state index in [4.69, 9.17) is 0 Å². The maximum Gasteiger partial charge on any atom is 0.331 e. The van der Waals surface area contributed by atoms with Crippen LogP contribution in [0.1, 0.15) is 11.6 Å². The summed E-state index contributed by atoms with van der Waals surface area (Å²) in [6.45, 7) is 0. The summed E-state index contributed by atoms with van der Waals surface area (Å²) in [6.07, 6.45) is 4.22. The molecule has 1 atom stereocenters. The second-order valence-corrected chi connectivity index (χ2v) is 5.56. The summed E-state index contributed by atoms with van der Waals surface area (Å²) in [4.78, 5) is 32.3. The Bertz CT molecular complexity index is 909. The van der Waals surface area contributed by atoms with E-state index in [-0.39, 0.29) is 0 Å². The Morgan fingerprint density at radius 1 is 1.32 bits per heavy atom. The first-order valence-electron chi connectivity index (χ1n) is 6.37. The van der Waals surface area contributed by atoms with Crippen molar-refractivity contribution in [3.8, 4) is 0 Å². The van der Waals surface area contributed by atoms with Crippen molar-refractivity contribution in [1.82, 2.24) is 14.5 Å². The van der Waals surface area contributed by atoms with Gasteiger partial charge in [0.25, 0.3) is 5.56 Å². The van der Waals surface area contributed by atoms with Crippen molar-refractivity contribution in [2.75, 3.05) is 0 Å². The highest BCUT2D eigenvalue weighted by Crippen LogP contribution is 2.19. The number of aliphatic carboxylic acids is 1. The van der Waals surface area contributed by atoms with Gasteiger partial charge in [0.05, 0.1) is 17.2 Å². The number of carbonyl (C=O) groups is 1. The predicted octanol–water partition coefficient (Wildman–Crippen LogP) is 2.23. The molecule has 3 aromatic rings. The monoisotopic (exact) mass is 359 g/mol. The highest BCUT2D eigenvalue weighted by Gasteiger charge is 2.24. The molecule has 0 bridgehead atoms. The van der Waals surface area contributed by atoms with Gasteiger partial charge in [-0.3, -0.25) is 14.3 Å². The van der Waals surface area contributed by atoms with Crippen molar-refractivity contribution >= 4 is 32.8 Å². The molecule has 7 heteroatoms. The summed E-state index contributed by atoms with van der Waals surface area (Å²) in [5.74, 6) is -1.15. The molecule has 22 heavy (non-hydrogen) atoms. The number of hydrogen-bond donors (Lipinski definition) is 1. The molecule has 1 unspecified atom stereocenters. The fraction of sp³-hybridized carbons (Fsp3) is 0.0667. The summed E-state index contributed by atoms with van der Waals surface area (Å²) in [5, 5.41) is 9.86. The zero-order chi connectivity index (χ0) is 15.7. The highest BCUT2D eigenvalue weighted by molar-refractivity contribution is 9.10. The van der Waals surface area contributed by atoms with Crippen molar-refractivity contribution in [2.45, 2.75) is 6.04 Å². The van der Waals surface area contributed by atoms with Gasteiger partial charge < -0.3 is 5.11 Å². The molecule has 6 nitrogen and oxygen atoms in total. The molecular formula is C15H10BrN3O3. The van der Waals surface area contributed by atoms with Crippen LogP contribution >= 0.6 is 15.9 Å². The van der Waals surface area contributed by atoms with Gasteiger partial charge in [-0.1, -0.05) is 22.0 Å². The van der Waals surface area contributed by atoms with Gasteiger partial charge in [-0.25, -0.2) is 9.78 Å². The van der Waals surface area contributed by atoms with Crippen LogP contribution in [0.5, 0.6) is 0 Å². The van der Waals surface area contributed by atoms with Crippen LogP contribution in [0.25, 0.3) is 10.9 Å². The summed E-state index contributed by atoms with van der Waals surface area (Å²) >= 11 is 3.30. The number of aromatic nitrogens is 3. The van der Waals surface area contributed by atoms with Crippen LogP contribution in [0.2, 0.25) is 0 Å². The third-order valence-electron chi connectivity index (χ3n) is 3.26. The van der Waals surface area contributed by atoms with Crippen molar-refractivity contribution in [1.29, 1.82) is 0 Å². The van der Waals surface area contributed by atoms with Crippen LogP contribution in [-0.2, 0) is 4.79 Å². The van der Waals surface area contributed by atoms with E-state index in [9.17, 15) is 14.7 Å². The largest absolute Gasteiger partial charge is 0.479 e. The summed E-state index contributed by atoms with van der Waals surface area (Å²) < 4.78 is 1.83. The number of halogens is 1. The number of nitrogens with zero attached hydrogens (tertiary/aromatic N) is 3. The van der Waals surface area contributed by atoms with Gasteiger partial charge in [0.2, 0.25) is 0 Å². The second kappa shape index (κ2) is 5.69. The lowest BCUT2D eigenvalue weighted by atomic mass is 10.1. The van der Waals surface area contributed by atoms with Crippen molar-refractivity contribution in [2.24, 2.45) is 0 Å². The molecule has 110 valence electrons. The zero-order valence-corrected chi connectivity index (χ0v) is 12.8. The Kier molecular flexibility index (Phi) is 3.72. The smallest absolute Gasteiger partial charge is 0.331 e. The van der Waals surface area contributed by atoms with Crippen LogP contribution < -0.4 is 5.56 Å². The first-order valence-corrected chi connectivity index (χ1v) is 7.16. The number of benzene rings is 1. The summed E-state index contributed by atoms with van der Waals surface area (Å²) in [7, 11) is 0. The Hall–Kier alpha value is -2.54. The first-order chi connectivity index (χ1) is 10.6. The van der Waals surface area contributed by atoms with Crippen LogP contribution in [-0.4, -0.2) is 25.6 Å². The van der Waals surface area contributed by atoms with Crippen LogP contribution in [0.3, 0.4) is 0 Å². The maximum absolute atomic E-state index is 12.6. The minimum absolute atomic E-state index is 0.354. The summed E-state index contributed by atoms with van der Waals surface area (Å²) in [6, 6.07) is 7.17. The van der Waals surface area contributed by atoms with Crippen molar-refractivity contribution < 1.29 is 9.90 Å². The van der Waals surface area contributed by atoms with Crippen molar-refractivity contribution in [3.63, 3.8) is 0 Å². The molecular weight excluding hydrogens is 350 g/mol. The predicted molar refractivity (Wildman–Crippen MR) is 83.7 cm³/mol. The normalized spacial score (nSPS) is 12.2. The molecule has 2 aromatic heterocycles. The Morgan fingerprint density at radius 3 is 2.82 bits per heavy atom. The molecule has 0 aliphatic rings. The van der Waals surface area contributed by atoms with Crippen LogP contribution in [0, 0.1) is 0 Å². The SMILES string of the molecule is O=C(O)C(c1cccnc1)n1cnc2ccc(Br)cc2c1=O. The van der Waals surface area contributed by atoms with E-state index in [1.807, 2.05) is 0 Å². The minimum Gasteiger partial charge on any atom is -0.479 e. The van der Waals surface area contributed by atoms with Gasteiger partial charge in [0.15, 0.2) is 6.04 Å². The lowest BCUT2D eigenvalue weighted by Crippen LogP contribution is -2.31. The van der Waals surface area contributed by atoms with E-state index in [2.05, 4.69) is 25.9 Å². The van der Waals surface area contributed by atoms with E-state index >= 15 is 0 Å². The average molecular weight is 360 g/mol. The molecule has 1 aromatic carbocycles. The standard InChI is InChI=1S/C15H10BrN3O3/c16-10-3-4-12-11(6-10)14(20)19(8-18-12)13(15(21)22)9-2-1-5-17-7-9/h1-8,13H,(H,21,22). The Labute approximate surface area is 133 Å². The maximum atomic E-state index is 12.6. The lowest BCUT2D eigenvalue weighted by Gasteiger charge is -2.15. The first kappa shape index (κ1) is 14.4. The number of fused-ring (bicyclic) bond motifs is 1. The molecule has 0 aliphatic heterocycles. The highest BCUT2D eigenvalue weighted by atomic mass is 79.9. The van der Waals surface area contributed by atoms with Crippen LogP contribution in [0.15, 0.2) is 58.3 Å². The van der Waals surface area contributed by atoms with Crippen molar-refractivity contribution in [3.05, 3.63) is 69.4 Å². The van der Waals surface area contributed by atoms with Gasteiger partial charge in [0.1, 0.15) is 0 Å². The molecule has 0 amide bonds. The number of pyridine rings is 1. The number of rotatable bonds is 3. The van der Waals surface area contributed by atoms with Gasteiger partial charge in [-0.15, -0.1) is 0 Å². The van der Waals surface area contributed by atoms with E-state index in [1.54, 1.807) is 36.5 Å². The zero-order valence-electron chi connectivity index (χ0n) is 11.2. The van der Waals surface area contributed by atoms with E-state index < -0.39 is 17.6 Å². The third-order valence-corrected chi connectivity index (χ3v) is 3.75. The molecule has 0 spiro atoms. The fourth-order valence-corrected chi connectivity index (χ4v) is 2.61. The minimum atomic E-state index is -1.17. The number of carboxylic acid groups (broad SMARTS) is 1. The van der Waals surface area contributed by atoms with Gasteiger partial charge in [-0.05, 0) is 24.3 Å². The van der Waals surface area contributed by atoms with E-state index in [1.165, 1.54) is 12.5 Å². The molecule has 1 N–H and O–H groups in total. The summed E-state index contributed by atoms with van der Waals surface area (Å²) in [5.41, 5.74) is 0.510. The quantitative estimate of drug-likeness (QED) is 0.774. The topological polar surface area (TPSA) is 85.1 Å². The molecule has 0 aliphatic carbocycles. The molecule has 2 heterocycles. The van der Waals surface area contributed by atoms with Crippen LogP contribution in [0.4, 0.5) is 0 Å². The molecule has 0 fully saturated rings. The molecule has 0 saturated carbocycles. The molecule has 0 radical (unpaired) electrons. The Balaban J connectivity index is 2.25. The Morgan fingerprint density at radius 2 is 2.14 bits per heavy atom. The fourth-order valence-electron chi connectivity index (χ4n) is 2.25. The van der Waals surface area contributed by atoms with Gasteiger partial charge >= 0.3 is 5.97 Å². The number of carboxylic acids is 1. The van der Waals surface area contributed by atoms with Gasteiger partial charge in [-0.2, -0.15) is 0 Å². The van der Waals surface area contributed by atoms with E-state index in [0.29, 0.717) is 16.5 Å². The number of hydrogen-bond acceptors (Lipinski definition) is 4. The van der Waals surface area contributed by atoms with E-state index in [0.717, 1.165) is 9.04 Å². The molecule has 3 rings (SSSR count). The van der Waals surface area contributed by atoms with Gasteiger partial charge in [0, 0.05) is 22.4 Å².